The Balaban J connectivity index is 1.65. The number of amides is 1. The lowest BCUT2D eigenvalue weighted by Crippen LogP contribution is -2.15. The molecule has 0 unspecified atom stereocenters. The van der Waals surface area contributed by atoms with Gasteiger partial charge in [-0.2, -0.15) is 9.78 Å². The fourth-order valence-corrected chi connectivity index (χ4v) is 5.07. The summed E-state index contributed by atoms with van der Waals surface area (Å²) in [5.74, 6) is 0.460. The van der Waals surface area contributed by atoms with Gasteiger partial charge in [0.2, 0.25) is 5.13 Å². The molecule has 1 N–H and O–H groups in total. The van der Waals surface area contributed by atoms with Crippen LogP contribution in [-0.2, 0) is 0 Å². The summed E-state index contributed by atoms with van der Waals surface area (Å²) in [6.45, 7) is 10.4. The van der Waals surface area contributed by atoms with Crippen LogP contribution in [0.3, 0.4) is 0 Å². The number of benzene rings is 2. The van der Waals surface area contributed by atoms with Gasteiger partial charge in [0, 0.05) is 21.8 Å². The standard InChI is InChI=1S/C23H24N4OS2/c1-13(2)29-18-8-6-7-17(12-18)22(28)25-21-11-16(5)26-27(21)23-24-19-9-14(3)15(4)10-20(19)30-23/h6-13H,1-5H3,(H,25,28). The molecule has 0 saturated heterocycles. The van der Waals surface area contributed by atoms with E-state index in [2.05, 4.69) is 50.2 Å². The lowest BCUT2D eigenvalue weighted by atomic mass is 10.1. The number of fused-ring (bicyclic) bond motifs is 1. The third-order valence-electron chi connectivity index (χ3n) is 4.71. The second-order valence-corrected chi connectivity index (χ2v) is 10.3. The van der Waals surface area contributed by atoms with Gasteiger partial charge in [0.1, 0.15) is 5.82 Å². The zero-order valence-electron chi connectivity index (χ0n) is 17.7. The van der Waals surface area contributed by atoms with Crippen LogP contribution in [0.15, 0.2) is 47.4 Å². The fraction of sp³-hybridized carbons (Fsp3) is 0.261. The van der Waals surface area contributed by atoms with Crippen molar-refractivity contribution < 1.29 is 4.79 Å². The molecule has 2 heterocycles. The number of hydrogen-bond donors (Lipinski definition) is 1. The van der Waals surface area contributed by atoms with Crippen LogP contribution >= 0.6 is 23.1 Å². The van der Waals surface area contributed by atoms with Crippen LogP contribution in [0.25, 0.3) is 15.3 Å². The van der Waals surface area contributed by atoms with Crippen LogP contribution in [0.5, 0.6) is 0 Å². The van der Waals surface area contributed by atoms with Crippen molar-refractivity contribution >= 4 is 45.0 Å². The number of hydrogen-bond acceptors (Lipinski definition) is 5. The summed E-state index contributed by atoms with van der Waals surface area (Å²) in [5.41, 5.74) is 4.84. The van der Waals surface area contributed by atoms with Gasteiger partial charge in [-0.15, -0.1) is 11.8 Å². The Morgan fingerprint density at radius 1 is 1.10 bits per heavy atom. The Labute approximate surface area is 184 Å². The van der Waals surface area contributed by atoms with E-state index in [0.29, 0.717) is 16.6 Å². The minimum Gasteiger partial charge on any atom is -0.306 e. The van der Waals surface area contributed by atoms with Gasteiger partial charge < -0.3 is 5.32 Å². The molecule has 0 spiro atoms. The Hall–Kier alpha value is -2.64. The molecule has 154 valence electrons. The monoisotopic (exact) mass is 436 g/mol. The van der Waals surface area contributed by atoms with E-state index in [9.17, 15) is 4.79 Å². The third-order valence-corrected chi connectivity index (χ3v) is 6.71. The predicted octanol–water partition coefficient (Wildman–Crippen LogP) is 6.16. The number of carbonyl (C=O) groups excluding carboxylic acids is 1. The number of thioether (sulfide) groups is 1. The SMILES string of the molecule is Cc1cc(NC(=O)c2cccc(SC(C)C)c2)n(-c2nc3cc(C)c(C)cc3s2)n1. The van der Waals surface area contributed by atoms with Crippen molar-refractivity contribution in [3.05, 3.63) is 64.8 Å². The van der Waals surface area contributed by atoms with Crippen molar-refractivity contribution in [2.75, 3.05) is 5.32 Å². The highest BCUT2D eigenvalue weighted by atomic mass is 32.2. The van der Waals surface area contributed by atoms with Crippen molar-refractivity contribution in [2.24, 2.45) is 0 Å². The molecule has 0 aliphatic rings. The summed E-state index contributed by atoms with van der Waals surface area (Å²) in [5, 5.41) is 8.78. The van der Waals surface area contributed by atoms with E-state index in [-0.39, 0.29) is 5.91 Å². The Morgan fingerprint density at radius 3 is 2.63 bits per heavy atom. The molecule has 1 amide bonds. The summed E-state index contributed by atoms with van der Waals surface area (Å²) < 4.78 is 2.83. The van der Waals surface area contributed by atoms with Crippen LogP contribution in [0.1, 0.15) is 41.0 Å². The number of rotatable bonds is 5. The summed E-state index contributed by atoms with van der Waals surface area (Å²) in [6.07, 6.45) is 0. The second-order valence-electron chi connectivity index (χ2n) is 7.63. The quantitative estimate of drug-likeness (QED) is 0.381. The smallest absolute Gasteiger partial charge is 0.256 e. The molecule has 2 aromatic carbocycles. The Kier molecular flexibility index (Phi) is 5.66. The van der Waals surface area contributed by atoms with Crippen molar-refractivity contribution in [2.45, 2.75) is 44.8 Å². The molecule has 4 rings (SSSR count). The molecule has 7 heteroatoms. The molecule has 0 bridgehead atoms. The van der Waals surface area contributed by atoms with E-state index >= 15 is 0 Å². The van der Waals surface area contributed by atoms with Crippen molar-refractivity contribution in [1.82, 2.24) is 14.8 Å². The van der Waals surface area contributed by atoms with Crippen molar-refractivity contribution in [1.29, 1.82) is 0 Å². The van der Waals surface area contributed by atoms with E-state index < -0.39 is 0 Å². The first-order chi connectivity index (χ1) is 14.3. The minimum atomic E-state index is -0.157. The zero-order valence-corrected chi connectivity index (χ0v) is 19.3. The fourth-order valence-electron chi connectivity index (χ4n) is 3.16. The number of anilines is 1. The molecule has 5 nitrogen and oxygen atoms in total. The molecule has 4 aromatic rings. The second kappa shape index (κ2) is 8.24. The molecule has 2 aromatic heterocycles. The summed E-state index contributed by atoms with van der Waals surface area (Å²) in [4.78, 5) is 18.8. The van der Waals surface area contributed by atoms with Gasteiger partial charge in [-0.25, -0.2) is 4.98 Å². The highest BCUT2D eigenvalue weighted by molar-refractivity contribution is 7.99. The van der Waals surface area contributed by atoms with E-state index in [0.717, 1.165) is 25.9 Å². The molecular formula is C23H24N4OS2. The van der Waals surface area contributed by atoms with Crippen molar-refractivity contribution in [3.63, 3.8) is 0 Å². The molecule has 0 radical (unpaired) electrons. The normalized spacial score (nSPS) is 11.4. The molecular weight excluding hydrogens is 412 g/mol. The van der Waals surface area contributed by atoms with E-state index in [1.165, 1.54) is 11.1 Å². The number of thiazole rings is 1. The average Bonchev–Trinajstić information content (AvgIpc) is 3.24. The summed E-state index contributed by atoms with van der Waals surface area (Å²) in [7, 11) is 0. The van der Waals surface area contributed by atoms with Gasteiger partial charge in [0.15, 0.2) is 0 Å². The van der Waals surface area contributed by atoms with Crippen LogP contribution < -0.4 is 5.32 Å². The number of nitrogens with zero attached hydrogens (tertiary/aromatic N) is 3. The average molecular weight is 437 g/mol. The maximum atomic E-state index is 12.9. The predicted molar refractivity (Wildman–Crippen MR) is 126 cm³/mol. The van der Waals surface area contributed by atoms with Gasteiger partial charge >= 0.3 is 0 Å². The van der Waals surface area contributed by atoms with Gasteiger partial charge in [-0.1, -0.05) is 31.3 Å². The van der Waals surface area contributed by atoms with Gasteiger partial charge in [-0.3, -0.25) is 4.79 Å². The Morgan fingerprint density at radius 2 is 1.87 bits per heavy atom. The van der Waals surface area contributed by atoms with Gasteiger partial charge in [0.05, 0.1) is 15.9 Å². The topological polar surface area (TPSA) is 59.8 Å². The molecule has 0 atom stereocenters. The van der Waals surface area contributed by atoms with Crippen LogP contribution in [0, 0.1) is 20.8 Å². The maximum absolute atomic E-state index is 12.9. The third kappa shape index (κ3) is 4.27. The van der Waals surface area contributed by atoms with Crippen LogP contribution in [-0.4, -0.2) is 25.9 Å². The maximum Gasteiger partial charge on any atom is 0.256 e. The Bertz CT molecular complexity index is 1200. The summed E-state index contributed by atoms with van der Waals surface area (Å²) in [6, 6.07) is 13.8. The van der Waals surface area contributed by atoms with Crippen LogP contribution in [0.4, 0.5) is 5.82 Å². The minimum absolute atomic E-state index is 0.157. The van der Waals surface area contributed by atoms with E-state index in [1.54, 1.807) is 27.8 Å². The van der Waals surface area contributed by atoms with Gasteiger partial charge in [0.25, 0.3) is 5.91 Å². The largest absolute Gasteiger partial charge is 0.306 e. The first-order valence-corrected chi connectivity index (χ1v) is 11.5. The first-order valence-electron chi connectivity index (χ1n) is 9.83. The number of aromatic nitrogens is 3. The van der Waals surface area contributed by atoms with Crippen LogP contribution in [0.2, 0.25) is 0 Å². The molecule has 0 fully saturated rings. The first kappa shape index (κ1) is 20.6. The molecule has 0 saturated carbocycles. The lowest BCUT2D eigenvalue weighted by Gasteiger charge is -2.09. The van der Waals surface area contributed by atoms with E-state index in [4.69, 9.17) is 4.98 Å². The molecule has 0 aliphatic carbocycles. The number of carbonyl (C=O) groups is 1. The van der Waals surface area contributed by atoms with Crippen molar-refractivity contribution in [3.8, 4) is 5.13 Å². The highest BCUT2D eigenvalue weighted by Crippen LogP contribution is 2.30. The molecule has 0 aliphatic heterocycles. The summed E-state index contributed by atoms with van der Waals surface area (Å²) >= 11 is 3.31. The van der Waals surface area contributed by atoms with Gasteiger partial charge in [-0.05, 0) is 62.2 Å². The molecule has 30 heavy (non-hydrogen) atoms. The number of aryl methyl sites for hydroxylation is 3. The highest BCUT2D eigenvalue weighted by Gasteiger charge is 2.16. The lowest BCUT2D eigenvalue weighted by molar-refractivity contribution is 0.102. The zero-order chi connectivity index (χ0) is 21.4. The number of nitrogens with one attached hydrogen (secondary N) is 1. The van der Waals surface area contributed by atoms with E-state index in [1.807, 2.05) is 37.3 Å².